The first kappa shape index (κ1) is 18.4. The van der Waals surface area contributed by atoms with E-state index in [1.54, 1.807) is 18.2 Å². The van der Waals surface area contributed by atoms with Gasteiger partial charge in [-0.3, -0.25) is 0 Å². The summed E-state index contributed by atoms with van der Waals surface area (Å²) in [5.41, 5.74) is 0.734. The summed E-state index contributed by atoms with van der Waals surface area (Å²) in [6, 6.07) is 6.35. The lowest BCUT2D eigenvalue weighted by Crippen LogP contribution is -2.48. The zero-order valence-electron chi connectivity index (χ0n) is 13.7. The smallest absolute Gasteiger partial charge is 0.331 e. The summed E-state index contributed by atoms with van der Waals surface area (Å²) in [7, 11) is 0. The Hall–Kier alpha value is -1.89. The minimum Gasteiger partial charge on any atom is -0.508 e. The zero-order chi connectivity index (χ0) is 17.5. The molecule has 0 heterocycles. The highest BCUT2D eigenvalue weighted by molar-refractivity contribution is 5.87. The molecule has 2 rings (SSSR count). The van der Waals surface area contributed by atoms with E-state index in [2.05, 4.69) is 0 Å². The van der Waals surface area contributed by atoms with E-state index < -0.39 is 24.3 Å². The van der Waals surface area contributed by atoms with E-state index in [0.717, 1.165) is 12.0 Å². The Bertz CT molecular complexity index is 553. The molecular weight excluding hydrogens is 312 g/mol. The zero-order valence-corrected chi connectivity index (χ0v) is 13.7. The summed E-state index contributed by atoms with van der Waals surface area (Å²) in [4.78, 5) is 11.9. The fourth-order valence-corrected chi connectivity index (χ4v) is 2.63. The molecule has 0 unspecified atom stereocenters. The first-order chi connectivity index (χ1) is 11.5. The van der Waals surface area contributed by atoms with Crippen LogP contribution in [0.4, 0.5) is 0 Å². The molecular formula is C18H24O6. The van der Waals surface area contributed by atoms with Crippen molar-refractivity contribution in [1.82, 2.24) is 0 Å². The van der Waals surface area contributed by atoms with Crippen LogP contribution in [0.5, 0.6) is 5.75 Å². The minimum atomic E-state index is -1.11. The molecule has 24 heavy (non-hydrogen) atoms. The van der Waals surface area contributed by atoms with Gasteiger partial charge < -0.3 is 24.8 Å². The van der Waals surface area contributed by atoms with E-state index in [0.29, 0.717) is 19.4 Å². The van der Waals surface area contributed by atoms with Crippen LogP contribution in [-0.2, 0) is 14.3 Å². The molecule has 1 aromatic rings. The second kappa shape index (κ2) is 8.82. The number of phenolic OH excluding ortho intramolecular Hbond substituents is 1. The number of ether oxygens (including phenoxy) is 2. The van der Waals surface area contributed by atoms with Gasteiger partial charge >= 0.3 is 5.97 Å². The van der Waals surface area contributed by atoms with Gasteiger partial charge in [-0.1, -0.05) is 19.1 Å². The van der Waals surface area contributed by atoms with Crippen LogP contribution in [0.1, 0.15) is 31.7 Å². The van der Waals surface area contributed by atoms with Gasteiger partial charge in [0.15, 0.2) is 0 Å². The first-order valence-electron chi connectivity index (χ1n) is 8.15. The van der Waals surface area contributed by atoms with Crippen molar-refractivity contribution in [1.29, 1.82) is 0 Å². The third-order valence-electron chi connectivity index (χ3n) is 3.90. The van der Waals surface area contributed by atoms with Gasteiger partial charge in [-0.05, 0) is 30.2 Å². The van der Waals surface area contributed by atoms with Crippen LogP contribution in [-0.4, -0.2) is 52.3 Å². The fraction of sp³-hybridized carbons (Fsp3) is 0.500. The van der Waals surface area contributed by atoms with Gasteiger partial charge in [-0.15, -0.1) is 0 Å². The number of carbonyl (C=O) groups excluding carboxylic acids is 1. The number of hydrogen-bond donors (Lipinski definition) is 3. The lowest BCUT2D eigenvalue weighted by atomic mass is 9.89. The third kappa shape index (κ3) is 5.33. The van der Waals surface area contributed by atoms with Crippen molar-refractivity contribution in [2.45, 2.75) is 50.6 Å². The molecule has 6 nitrogen and oxygen atoms in total. The molecule has 0 aliphatic heterocycles. The molecule has 0 bridgehead atoms. The number of hydrogen-bond acceptors (Lipinski definition) is 6. The van der Waals surface area contributed by atoms with E-state index in [4.69, 9.17) is 9.47 Å². The molecule has 6 heteroatoms. The highest BCUT2D eigenvalue weighted by atomic mass is 16.6. The Kier molecular flexibility index (Phi) is 6.78. The van der Waals surface area contributed by atoms with Gasteiger partial charge in [-0.2, -0.15) is 0 Å². The van der Waals surface area contributed by atoms with Crippen molar-refractivity contribution >= 4 is 12.0 Å². The number of aliphatic hydroxyl groups excluding tert-OH is 2. The average Bonchev–Trinajstić information content (AvgIpc) is 2.56. The van der Waals surface area contributed by atoms with Gasteiger partial charge in [0.25, 0.3) is 0 Å². The van der Waals surface area contributed by atoms with E-state index >= 15 is 0 Å². The van der Waals surface area contributed by atoms with Crippen molar-refractivity contribution in [2.75, 3.05) is 6.61 Å². The van der Waals surface area contributed by atoms with Gasteiger partial charge in [-0.25, -0.2) is 4.79 Å². The van der Waals surface area contributed by atoms with Crippen molar-refractivity contribution in [3.05, 3.63) is 35.9 Å². The Morgan fingerprint density at radius 1 is 1.25 bits per heavy atom. The maximum Gasteiger partial charge on any atom is 0.331 e. The molecule has 132 valence electrons. The van der Waals surface area contributed by atoms with Crippen molar-refractivity contribution < 1.29 is 29.6 Å². The van der Waals surface area contributed by atoms with Crippen LogP contribution < -0.4 is 0 Å². The van der Waals surface area contributed by atoms with Gasteiger partial charge in [0, 0.05) is 25.5 Å². The van der Waals surface area contributed by atoms with Gasteiger partial charge in [0.1, 0.15) is 18.0 Å². The highest BCUT2D eigenvalue weighted by Crippen LogP contribution is 2.25. The summed E-state index contributed by atoms with van der Waals surface area (Å²) in [5, 5.41) is 29.1. The molecule has 0 radical (unpaired) electrons. The lowest BCUT2D eigenvalue weighted by Gasteiger charge is -2.35. The Labute approximate surface area is 141 Å². The normalized spacial score (nSPS) is 27.3. The minimum absolute atomic E-state index is 0.146. The van der Waals surface area contributed by atoms with Crippen LogP contribution in [0.25, 0.3) is 6.08 Å². The standard InChI is InChI=1S/C18H24O6/c1-2-9-23-14-10-15(20)18(22)16(11-14)24-17(21)8-5-12-3-6-13(19)7-4-12/h3-8,14-16,18-20,22H,2,9-11H2,1H3/b8-5+/t14-,15-,16+,18+/m0/s1. The molecule has 0 aromatic heterocycles. The molecule has 4 atom stereocenters. The molecule has 0 spiro atoms. The number of aliphatic hydroxyl groups is 2. The van der Waals surface area contributed by atoms with Crippen LogP contribution >= 0.6 is 0 Å². The summed E-state index contributed by atoms with van der Waals surface area (Å²) < 4.78 is 10.9. The SMILES string of the molecule is CCCO[C@H]1C[C@H](O)[C@@H](O)[C@H](OC(=O)/C=C/c2ccc(O)cc2)C1. The van der Waals surface area contributed by atoms with E-state index in [1.165, 1.54) is 18.2 Å². The number of aromatic hydroxyl groups is 1. The van der Waals surface area contributed by atoms with E-state index in [9.17, 15) is 20.1 Å². The maximum atomic E-state index is 11.9. The molecule has 1 saturated carbocycles. The molecule has 1 aromatic carbocycles. The third-order valence-corrected chi connectivity index (χ3v) is 3.90. The summed E-state index contributed by atoms with van der Waals surface area (Å²) in [6.07, 6.45) is 1.23. The number of esters is 1. The van der Waals surface area contributed by atoms with Gasteiger partial charge in [0.05, 0.1) is 12.2 Å². The fourth-order valence-electron chi connectivity index (χ4n) is 2.63. The second-order valence-corrected chi connectivity index (χ2v) is 5.92. The van der Waals surface area contributed by atoms with Crippen LogP contribution in [0.3, 0.4) is 0 Å². The largest absolute Gasteiger partial charge is 0.508 e. The monoisotopic (exact) mass is 336 g/mol. The molecule has 1 aliphatic carbocycles. The first-order valence-corrected chi connectivity index (χ1v) is 8.15. The topological polar surface area (TPSA) is 96.2 Å². The lowest BCUT2D eigenvalue weighted by molar-refractivity contribution is -0.170. The second-order valence-electron chi connectivity index (χ2n) is 5.92. The number of rotatable bonds is 6. The Morgan fingerprint density at radius 2 is 1.96 bits per heavy atom. The highest BCUT2D eigenvalue weighted by Gasteiger charge is 2.38. The molecule has 0 amide bonds. The number of carbonyl (C=O) groups is 1. The summed E-state index contributed by atoms with van der Waals surface area (Å²) >= 11 is 0. The number of phenols is 1. The predicted molar refractivity (Wildman–Crippen MR) is 88.3 cm³/mol. The number of benzene rings is 1. The van der Waals surface area contributed by atoms with E-state index in [1.807, 2.05) is 6.92 Å². The van der Waals surface area contributed by atoms with Gasteiger partial charge in [0.2, 0.25) is 0 Å². The van der Waals surface area contributed by atoms with Crippen molar-refractivity contribution in [2.24, 2.45) is 0 Å². The maximum absolute atomic E-state index is 11.9. The quantitative estimate of drug-likeness (QED) is 0.540. The van der Waals surface area contributed by atoms with Crippen molar-refractivity contribution in [3.8, 4) is 5.75 Å². The predicted octanol–water partition coefficient (Wildman–Crippen LogP) is 1.63. The molecule has 1 aliphatic rings. The Balaban J connectivity index is 1.91. The summed E-state index contributed by atoms with van der Waals surface area (Å²) in [5.74, 6) is -0.456. The molecule has 0 saturated heterocycles. The Morgan fingerprint density at radius 3 is 2.62 bits per heavy atom. The van der Waals surface area contributed by atoms with E-state index in [-0.39, 0.29) is 11.9 Å². The van der Waals surface area contributed by atoms with Crippen molar-refractivity contribution in [3.63, 3.8) is 0 Å². The molecule has 1 fully saturated rings. The van der Waals surface area contributed by atoms with Crippen LogP contribution in [0, 0.1) is 0 Å². The van der Waals surface area contributed by atoms with Crippen LogP contribution in [0.15, 0.2) is 30.3 Å². The van der Waals surface area contributed by atoms with Crippen LogP contribution in [0.2, 0.25) is 0 Å². The average molecular weight is 336 g/mol. The summed E-state index contributed by atoms with van der Waals surface area (Å²) in [6.45, 7) is 2.55. The molecule has 3 N–H and O–H groups in total.